The van der Waals surface area contributed by atoms with Gasteiger partial charge in [0.15, 0.2) is 0 Å². The van der Waals surface area contributed by atoms with Crippen LogP contribution in [0.25, 0.3) is 0 Å². The summed E-state index contributed by atoms with van der Waals surface area (Å²) in [5.74, 6) is 5.47. The fourth-order valence-corrected chi connectivity index (χ4v) is 4.11. The zero-order valence-electron chi connectivity index (χ0n) is 12.7. The number of thioether (sulfide) groups is 1. The van der Waals surface area contributed by atoms with Gasteiger partial charge in [0.25, 0.3) is 5.69 Å². The standard InChI is InChI=1S/C17H13NO4S2/c1-23-17(24(21,22)16-7-3-2-4-8-16)9-5-6-14-10-12-15(13-11-14)18(19)20/h2-4,7-13H,1H3/b17-9+. The van der Waals surface area contributed by atoms with Gasteiger partial charge in [0, 0.05) is 23.8 Å². The quantitative estimate of drug-likeness (QED) is 0.473. The lowest BCUT2D eigenvalue weighted by molar-refractivity contribution is -0.384. The molecule has 0 amide bonds. The van der Waals surface area contributed by atoms with Gasteiger partial charge in [-0.1, -0.05) is 30.0 Å². The fraction of sp³-hybridized carbons (Fsp3) is 0.0588. The van der Waals surface area contributed by atoms with Crippen LogP contribution in [0, 0.1) is 22.0 Å². The Hall–Kier alpha value is -2.56. The van der Waals surface area contributed by atoms with Crippen LogP contribution in [0.1, 0.15) is 5.56 Å². The Labute approximate surface area is 144 Å². The number of allylic oxidation sites excluding steroid dienone is 1. The Balaban J connectivity index is 2.28. The minimum absolute atomic E-state index is 0.0208. The van der Waals surface area contributed by atoms with E-state index in [1.807, 2.05) is 0 Å². The molecule has 0 unspecified atom stereocenters. The van der Waals surface area contributed by atoms with E-state index < -0.39 is 14.8 Å². The van der Waals surface area contributed by atoms with Crippen molar-refractivity contribution in [1.29, 1.82) is 0 Å². The van der Waals surface area contributed by atoms with Gasteiger partial charge in [0.05, 0.1) is 9.82 Å². The van der Waals surface area contributed by atoms with Crippen molar-refractivity contribution in [3.05, 3.63) is 80.6 Å². The third-order valence-corrected chi connectivity index (χ3v) is 6.22. The highest BCUT2D eigenvalue weighted by atomic mass is 32.3. The molecule has 0 spiro atoms. The smallest absolute Gasteiger partial charge is 0.258 e. The second-order valence-corrected chi connectivity index (χ2v) is 7.58. The average Bonchev–Trinajstić information content (AvgIpc) is 2.59. The molecular weight excluding hydrogens is 346 g/mol. The van der Waals surface area contributed by atoms with Gasteiger partial charge < -0.3 is 0 Å². The van der Waals surface area contributed by atoms with Crippen LogP contribution in [0.2, 0.25) is 0 Å². The largest absolute Gasteiger partial charge is 0.269 e. The van der Waals surface area contributed by atoms with Crippen molar-refractivity contribution in [2.24, 2.45) is 0 Å². The lowest BCUT2D eigenvalue weighted by atomic mass is 10.2. The zero-order valence-corrected chi connectivity index (χ0v) is 14.3. The first-order valence-electron chi connectivity index (χ1n) is 6.75. The molecule has 122 valence electrons. The molecule has 0 aliphatic heterocycles. The molecule has 0 aliphatic carbocycles. The van der Waals surface area contributed by atoms with Crippen molar-refractivity contribution in [2.45, 2.75) is 4.90 Å². The van der Waals surface area contributed by atoms with Crippen LogP contribution in [-0.2, 0) is 9.84 Å². The number of sulfone groups is 1. The van der Waals surface area contributed by atoms with E-state index in [-0.39, 0.29) is 14.8 Å². The summed E-state index contributed by atoms with van der Waals surface area (Å²) >= 11 is 1.09. The highest BCUT2D eigenvalue weighted by molar-refractivity contribution is 8.18. The first-order valence-corrected chi connectivity index (χ1v) is 9.46. The molecule has 0 aromatic heterocycles. The highest BCUT2D eigenvalue weighted by Crippen LogP contribution is 2.26. The molecule has 0 atom stereocenters. The summed E-state index contributed by atoms with van der Waals surface area (Å²) in [5.41, 5.74) is 0.543. The van der Waals surface area contributed by atoms with Gasteiger partial charge in [-0.25, -0.2) is 8.42 Å². The molecule has 24 heavy (non-hydrogen) atoms. The van der Waals surface area contributed by atoms with Crippen LogP contribution < -0.4 is 0 Å². The van der Waals surface area contributed by atoms with Crippen molar-refractivity contribution in [3.63, 3.8) is 0 Å². The maximum atomic E-state index is 12.5. The second-order valence-electron chi connectivity index (χ2n) is 4.56. The number of benzene rings is 2. The molecule has 0 fully saturated rings. The van der Waals surface area contributed by atoms with Gasteiger partial charge in [0.1, 0.15) is 4.24 Å². The third kappa shape index (κ3) is 4.25. The summed E-state index contributed by atoms with van der Waals surface area (Å²) in [4.78, 5) is 10.3. The topological polar surface area (TPSA) is 77.3 Å². The maximum absolute atomic E-state index is 12.5. The van der Waals surface area contributed by atoms with E-state index in [0.717, 1.165) is 11.8 Å². The molecule has 0 aliphatic rings. The maximum Gasteiger partial charge on any atom is 0.269 e. The van der Waals surface area contributed by atoms with Crippen LogP contribution in [-0.4, -0.2) is 19.6 Å². The van der Waals surface area contributed by atoms with E-state index in [4.69, 9.17) is 0 Å². The normalized spacial score (nSPS) is 11.5. The molecule has 0 bridgehead atoms. The summed E-state index contributed by atoms with van der Waals surface area (Å²) in [6.45, 7) is 0. The lowest BCUT2D eigenvalue weighted by Crippen LogP contribution is -2.01. The summed E-state index contributed by atoms with van der Waals surface area (Å²) in [6.07, 6.45) is 3.01. The van der Waals surface area contributed by atoms with E-state index in [9.17, 15) is 18.5 Å². The molecule has 2 aromatic rings. The van der Waals surface area contributed by atoms with Crippen molar-refractivity contribution >= 4 is 27.3 Å². The fourth-order valence-electron chi connectivity index (χ4n) is 1.81. The molecule has 0 saturated heterocycles. The van der Waals surface area contributed by atoms with E-state index in [2.05, 4.69) is 11.8 Å². The van der Waals surface area contributed by atoms with Gasteiger partial charge in [0.2, 0.25) is 9.84 Å². The van der Waals surface area contributed by atoms with Crippen LogP contribution in [0.4, 0.5) is 5.69 Å². The number of non-ortho nitro benzene ring substituents is 1. The number of nitro groups is 1. The van der Waals surface area contributed by atoms with Crippen molar-refractivity contribution in [3.8, 4) is 11.8 Å². The highest BCUT2D eigenvalue weighted by Gasteiger charge is 2.19. The zero-order chi connectivity index (χ0) is 17.6. The van der Waals surface area contributed by atoms with Gasteiger partial charge in [-0.3, -0.25) is 10.1 Å². The Morgan fingerprint density at radius 3 is 2.29 bits per heavy atom. The molecular formula is C17H13NO4S2. The van der Waals surface area contributed by atoms with E-state index >= 15 is 0 Å². The summed E-state index contributed by atoms with van der Waals surface area (Å²) in [5, 5.41) is 10.6. The van der Waals surface area contributed by atoms with Crippen molar-refractivity contribution < 1.29 is 13.3 Å². The number of nitro benzene ring substituents is 1. The van der Waals surface area contributed by atoms with Gasteiger partial charge in [-0.2, -0.15) is 0 Å². The minimum Gasteiger partial charge on any atom is -0.258 e. The number of nitrogens with zero attached hydrogens (tertiary/aromatic N) is 1. The Morgan fingerprint density at radius 1 is 1.12 bits per heavy atom. The molecule has 2 aromatic carbocycles. The second kappa shape index (κ2) is 7.81. The molecule has 7 heteroatoms. The van der Waals surface area contributed by atoms with E-state index in [1.54, 1.807) is 24.5 Å². The molecule has 5 nitrogen and oxygen atoms in total. The SMILES string of the molecule is CS/C(=C\C#Cc1ccc([N+](=O)[O-])cc1)S(=O)(=O)c1ccccc1. The monoisotopic (exact) mass is 359 g/mol. The Morgan fingerprint density at radius 2 is 1.75 bits per heavy atom. The van der Waals surface area contributed by atoms with Gasteiger partial charge in [-0.15, -0.1) is 11.8 Å². The molecule has 0 radical (unpaired) electrons. The van der Waals surface area contributed by atoms with Crippen LogP contribution in [0.15, 0.2) is 69.8 Å². The molecule has 0 heterocycles. The Bertz CT molecular complexity index is 922. The van der Waals surface area contributed by atoms with Gasteiger partial charge in [-0.05, 0) is 30.5 Å². The molecule has 0 saturated carbocycles. The van der Waals surface area contributed by atoms with E-state index in [0.29, 0.717) is 5.56 Å². The van der Waals surface area contributed by atoms with Crippen LogP contribution in [0.3, 0.4) is 0 Å². The first kappa shape index (κ1) is 17.8. The minimum atomic E-state index is -3.59. The summed E-state index contributed by atoms with van der Waals surface area (Å²) in [7, 11) is -3.59. The van der Waals surface area contributed by atoms with Crippen molar-refractivity contribution in [2.75, 3.05) is 6.26 Å². The summed E-state index contributed by atoms with van der Waals surface area (Å²) in [6, 6.07) is 13.9. The predicted molar refractivity (Wildman–Crippen MR) is 95.2 cm³/mol. The van der Waals surface area contributed by atoms with E-state index in [1.165, 1.54) is 42.5 Å². The number of rotatable bonds is 4. The predicted octanol–water partition coefficient (Wildman–Crippen LogP) is 3.62. The average molecular weight is 359 g/mol. The number of hydrogen-bond acceptors (Lipinski definition) is 5. The van der Waals surface area contributed by atoms with Gasteiger partial charge >= 0.3 is 0 Å². The number of hydrogen-bond donors (Lipinski definition) is 0. The first-order chi connectivity index (χ1) is 11.4. The Kier molecular flexibility index (Phi) is 5.79. The van der Waals surface area contributed by atoms with Crippen LogP contribution >= 0.6 is 11.8 Å². The molecule has 2 rings (SSSR count). The summed E-state index contributed by atoms with van der Waals surface area (Å²) < 4.78 is 25.1. The van der Waals surface area contributed by atoms with Crippen LogP contribution in [0.5, 0.6) is 0 Å². The molecule has 0 N–H and O–H groups in total. The third-order valence-electron chi connectivity index (χ3n) is 3.00. The lowest BCUT2D eigenvalue weighted by Gasteiger charge is -2.04. The van der Waals surface area contributed by atoms with Crippen molar-refractivity contribution in [1.82, 2.24) is 0 Å².